The quantitative estimate of drug-likeness (QED) is 0.912. The third-order valence-electron chi connectivity index (χ3n) is 4.24. The minimum absolute atomic E-state index is 0.0835. The number of hydrogen-bond donors (Lipinski definition) is 1. The summed E-state index contributed by atoms with van der Waals surface area (Å²) in [7, 11) is 1.96. The van der Waals surface area contributed by atoms with Gasteiger partial charge in [0.05, 0.1) is 11.7 Å². The Hall–Kier alpha value is -2.04. The van der Waals surface area contributed by atoms with E-state index in [4.69, 9.17) is 0 Å². The van der Waals surface area contributed by atoms with Gasteiger partial charge in [-0.3, -0.25) is 9.48 Å². The number of rotatable bonds is 2. The standard InChI is InChI=1S/C15H20N4O/c1-10-14(11(2)18(3)17-10)13-7-5-9-19(13)15(20)12-6-4-8-16-12/h4,6,8,13,16H,5,7,9H2,1-3H3/t13-/m0/s1. The van der Waals surface area contributed by atoms with E-state index in [-0.39, 0.29) is 11.9 Å². The van der Waals surface area contributed by atoms with Crippen LogP contribution in [0.3, 0.4) is 0 Å². The maximum atomic E-state index is 12.6. The van der Waals surface area contributed by atoms with Crippen molar-refractivity contribution in [3.05, 3.63) is 41.0 Å². The lowest BCUT2D eigenvalue weighted by molar-refractivity contribution is 0.0729. The van der Waals surface area contributed by atoms with Crippen molar-refractivity contribution in [2.75, 3.05) is 6.54 Å². The van der Waals surface area contributed by atoms with Crippen molar-refractivity contribution in [3.8, 4) is 0 Å². The van der Waals surface area contributed by atoms with Crippen LogP contribution in [0.25, 0.3) is 0 Å². The minimum atomic E-state index is 0.0835. The molecule has 2 aromatic rings. The van der Waals surface area contributed by atoms with Crippen LogP contribution in [0, 0.1) is 13.8 Å². The maximum absolute atomic E-state index is 12.6. The Morgan fingerprint density at radius 1 is 1.45 bits per heavy atom. The summed E-state index contributed by atoms with van der Waals surface area (Å²) in [4.78, 5) is 17.6. The van der Waals surface area contributed by atoms with E-state index in [2.05, 4.69) is 17.0 Å². The fourth-order valence-corrected chi connectivity index (χ4v) is 3.20. The Labute approximate surface area is 118 Å². The Balaban J connectivity index is 1.95. The number of hydrogen-bond acceptors (Lipinski definition) is 2. The van der Waals surface area contributed by atoms with Crippen molar-refractivity contribution in [3.63, 3.8) is 0 Å². The minimum Gasteiger partial charge on any atom is -0.357 e. The molecule has 0 unspecified atom stereocenters. The van der Waals surface area contributed by atoms with Crippen LogP contribution in [0.15, 0.2) is 18.3 Å². The summed E-state index contributed by atoms with van der Waals surface area (Å²) in [5, 5.41) is 4.48. The summed E-state index contributed by atoms with van der Waals surface area (Å²) in [6.45, 7) is 4.92. The molecule has 0 saturated carbocycles. The molecule has 0 bridgehead atoms. The highest BCUT2D eigenvalue weighted by Gasteiger charge is 2.34. The number of nitrogens with one attached hydrogen (secondary N) is 1. The van der Waals surface area contributed by atoms with E-state index in [1.165, 1.54) is 5.56 Å². The van der Waals surface area contributed by atoms with Gasteiger partial charge in [-0.05, 0) is 38.8 Å². The highest BCUT2D eigenvalue weighted by atomic mass is 16.2. The molecule has 1 aliphatic heterocycles. The van der Waals surface area contributed by atoms with Crippen LogP contribution in [0.1, 0.15) is 46.3 Å². The maximum Gasteiger partial charge on any atom is 0.270 e. The largest absolute Gasteiger partial charge is 0.357 e. The van der Waals surface area contributed by atoms with Gasteiger partial charge in [-0.1, -0.05) is 0 Å². The zero-order valence-electron chi connectivity index (χ0n) is 12.2. The Morgan fingerprint density at radius 3 is 2.85 bits per heavy atom. The van der Waals surface area contributed by atoms with E-state index >= 15 is 0 Å². The van der Waals surface area contributed by atoms with Crippen molar-refractivity contribution in [1.82, 2.24) is 19.7 Å². The van der Waals surface area contributed by atoms with E-state index in [0.29, 0.717) is 5.69 Å². The molecular formula is C15H20N4O. The van der Waals surface area contributed by atoms with Gasteiger partial charge < -0.3 is 9.88 Å². The number of aromatic amines is 1. The van der Waals surface area contributed by atoms with E-state index in [1.807, 2.05) is 35.7 Å². The molecule has 5 nitrogen and oxygen atoms in total. The molecule has 3 rings (SSSR count). The fourth-order valence-electron chi connectivity index (χ4n) is 3.20. The first-order valence-electron chi connectivity index (χ1n) is 7.04. The number of nitrogens with zero attached hydrogens (tertiary/aromatic N) is 3. The van der Waals surface area contributed by atoms with Crippen molar-refractivity contribution in [1.29, 1.82) is 0 Å². The van der Waals surface area contributed by atoms with Crippen molar-refractivity contribution >= 4 is 5.91 Å². The Kier molecular flexibility index (Phi) is 3.12. The highest BCUT2D eigenvalue weighted by Crippen LogP contribution is 2.36. The second-order valence-electron chi connectivity index (χ2n) is 5.45. The highest BCUT2D eigenvalue weighted by molar-refractivity contribution is 5.93. The second kappa shape index (κ2) is 4.81. The predicted molar refractivity (Wildman–Crippen MR) is 76.5 cm³/mol. The fraction of sp³-hybridized carbons (Fsp3) is 0.467. The molecule has 1 N–H and O–H groups in total. The molecule has 3 heterocycles. The SMILES string of the molecule is Cc1nn(C)c(C)c1[C@@H]1CCCN1C(=O)c1ccc[nH]1. The van der Waals surface area contributed by atoms with Crippen molar-refractivity contribution in [2.45, 2.75) is 32.7 Å². The Bertz CT molecular complexity index is 627. The molecule has 1 saturated heterocycles. The summed E-state index contributed by atoms with van der Waals surface area (Å²) < 4.78 is 1.90. The Morgan fingerprint density at radius 2 is 2.25 bits per heavy atom. The van der Waals surface area contributed by atoms with Gasteiger partial charge in [0.2, 0.25) is 0 Å². The van der Waals surface area contributed by atoms with Crippen molar-refractivity contribution < 1.29 is 4.79 Å². The molecule has 0 aromatic carbocycles. The third-order valence-corrected chi connectivity index (χ3v) is 4.24. The van der Waals surface area contributed by atoms with Crippen LogP contribution in [-0.4, -0.2) is 32.1 Å². The lowest BCUT2D eigenvalue weighted by Gasteiger charge is -2.25. The van der Waals surface area contributed by atoms with Crippen LogP contribution in [-0.2, 0) is 7.05 Å². The zero-order valence-corrected chi connectivity index (χ0v) is 12.2. The normalized spacial score (nSPS) is 18.8. The van der Waals surface area contributed by atoms with Gasteiger partial charge in [-0.25, -0.2) is 0 Å². The lowest BCUT2D eigenvalue weighted by Crippen LogP contribution is -2.31. The summed E-state index contributed by atoms with van der Waals surface area (Å²) in [6, 6.07) is 3.85. The van der Waals surface area contributed by atoms with Gasteiger partial charge in [-0.15, -0.1) is 0 Å². The molecule has 0 aliphatic carbocycles. The number of aryl methyl sites for hydroxylation is 2. The average Bonchev–Trinajstić information content (AvgIpc) is 3.12. The van der Waals surface area contributed by atoms with Crippen LogP contribution in [0.2, 0.25) is 0 Å². The van der Waals surface area contributed by atoms with E-state index < -0.39 is 0 Å². The molecule has 5 heteroatoms. The number of likely N-dealkylation sites (tertiary alicyclic amines) is 1. The second-order valence-corrected chi connectivity index (χ2v) is 5.45. The lowest BCUT2D eigenvalue weighted by atomic mass is 10.0. The predicted octanol–water partition coefficient (Wildman–Crippen LogP) is 2.34. The van der Waals surface area contributed by atoms with Gasteiger partial charge in [0, 0.05) is 31.0 Å². The molecule has 1 amide bonds. The van der Waals surface area contributed by atoms with Gasteiger partial charge in [-0.2, -0.15) is 5.10 Å². The number of amides is 1. The third kappa shape index (κ3) is 1.94. The molecule has 1 aliphatic rings. The van der Waals surface area contributed by atoms with Crippen LogP contribution >= 0.6 is 0 Å². The number of aromatic nitrogens is 3. The summed E-state index contributed by atoms with van der Waals surface area (Å²) in [6.07, 6.45) is 3.85. The summed E-state index contributed by atoms with van der Waals surface area (Å²) in [5.74, 6) is 0.0835. The van der Waals surface area contributed by atoms with Crippen LogP contribution in [0.5, 0.6) is 0 Å². The molecule has 20 heavy (non-hydrogen) atoms. The van der Waals surface area contributed by atoms with Crippen LogP contribution in [0.4, 0.5) is 0 Å². The van der Waals surface area contributed by atoms with Gasteiger partial charge in [0.15, 0.2) is 0 Å². The number of carbonyl (C=O) groups excluding carboxylic acids is 1. The number of H-pyrrole nitrogens is 1. The first-order chi connectivity index (χ1) is 9.59. The molecule has 106 valence electrons. The van der Waals surface area contributed by atoms with Gasteiger partial charge in [0.25, 0.3) is 5.91 Å². The molecule has 0 radical (unpaired) electrons. The zero-order chi connectivity index (χ0) is 14.3. The monoisotopic (exact) mass is 272 g/mol. The summed E-state index contributed by atoms with van der Waals surface area (Å²) in [5.41, 5.74) is 4.06. The van der Waals surface area contributed by atoms with Crippen molar-refractivity contribution in [2.24, 2.45) is 7.05 Å². The van der Waals surface area contributed by atoms with E-state index in [0.717, 1.165) is 30.8 Å². The topological polar surface area (TPSA) is 53.9 Å². The van der Waals surface area contributed by atoms with Crippen LogP contribution < -0.4 is 0 Å². The number of carbonyl (C=O) groups is 1. The molecule has 1 fully saturated rings. The smallest absolute Gasteiger partial charge is 0.270 e. The first-order valence-corrected chi connectivity index (χ1v) is 7.04. The molecule has 0 spiro atoms. The van der Waals surface area contributed by atoms with Gasteiger partial charge in [0.1, 0.15) is 5.69 Å². The van der Waals surface area contributed by atoms with E-state index in [1.54, 1.807) is 6.20 Å². The molecular weight excluding hydrogens is 252 g/mol. The molecule has 1 atom stereocenters. The summed E-state index contributed by atoms with van der Waals surface area (Å²) >= 11 is 0. The average molecular weight is 272 g/mol. The van der Waals surface area contributed by atoms with E-state index in [9.17, 15) is 4.79 Å². The first kappa shape index (κ1) is 13.0. The van der Waals surface area contributed by atoms with Gasteiger partial charge >= 0.3 is 0 Å². The molecule has 2 aromatic heterocycles.